The number of allylic oxidation sites excluding steroid dienone is 5. The number of nitriles is 2. The maximum atomic E-state index is 10.2. The quantitative estimate of drug-likeness (QED) is 0.194. The molecule has 3 heteroatoms. The van der Waals surface area contributed by atoms with Gasteiger partial charge in [-0.3, -0.25) is 0 Å². The minimum atomic E-state index is -0.240. The molecule has 0 saturated heterocycles. The Morgan fingerprint density at radius 3 is 2.07 bits per heavy atom. The first kappa shape index (κ1) is 25.3. The van der Waals surface area contributed by atoms with Crippen molar-refractivity contribution in [1.29, 1.82) is 10.5 Å². The molecule has 0 spiro atoms. The molecule has 1 heterocycles. The molecule has 45 heavy (non-hydrogen) atoms. The Kier molecular flexibility index (Phi) is 5.45. The summed E-state index contributed by atoms with van der Waals surface area (Å²) in [7, 11) is 0. The van der Waals surface area contributed by atoms with Crippen LogP contribution in [0.1, 0.15) is 28.2 Å². The standard InChI is InChI=1S/C42H24N2O/c43-23-37-26-10-1-5-14-31(26)40(32-15-6-2-11-27(32)37)25-20-21-30-35-18-9-19-36(42(35)45-39(30)22-25)41-33-16-7-3-12-28(33)38(24-44)29-13-4-8-17-34(29)41/h1-22,28,38H. The lowest BCUT2D eigenvalue weighted by molar-refractivity contribution is 0.664. The maximum absolute atomic E-state index is 10.2. The number of fused-ring (bicyclic) bond motifs is 7. The zero-order valence-electron chi connectivity index (χ0n) is 24.2. The molecular weight excluding hydrogens is 548 g/mol. The Morgan fingerprint density at radius 2 is 1.31 bits per heavy atom. The second kappa shape index (κ2) is 9.68. The van der Waals surface area contributed by atoms with Crippen LogP contribution in [0.2, 0.25) is 0 Å². The number of furan rings is 1. The van der Waals surface area contributed by atoms with E-state index in [1.165, 1.54) is 0 Å². The van der Waals surface area contributed by atoms with Gasteiger partial charge in [0, 0.05) is 33.0 Å². The lowest BCUT2D eigenvalue weighted by Crippen LogP contribution is -2.20. The summed E-state index contributed by atoms with van der Waals surface area (Å²) in [4.78, 5) is 0. The molecule has 2 aliphatic rings. The van der Waals surface area contributed by atoms with Crippen molar-refractivity contribution in [3.05, 3.63) is 161 Å². The van der Waals surface area contributed by atoms with Gasteiger partial charge in [-0.05, 0) is 56.3 Å². The van der Waals surface area contributed by atoms with Crippen LogP contribution in [0.15, 0.2) is 143 Å². The second-order valence-electron chi connectivity index (χ2n) is 11.7. The van der Waals surface area contributed by atoms with Gasteiger partial charge in [-0.15, -0.1) is 0 Å². The topological polar surface area (TPSA) is 60.7 Å². The average Bonchev–Trinajstić information content (AvgIpc) is 3.47. The fraction of sp³-hybridized carbons (Fsp3) is 0.0476. The lowest BCUT2D eigenvalue weighted by Gasteiger charge is -2.32. The first-order valence-electron chi connectivity index (χ1n) is 15.1. The molecule has 2 unspecified atom stereocenters. The molecule has 0 aliphatic heterocycles. The number of benzene rings is 6. The maximum Gasteiger partial charge on any atom is 0.143 e. The molecule has 0 N–H and O–H groups in total. The first-order valence-corrected chi connectivity index (χ1v) is 15.1. The van der Waals surface area contributed by atoms with E-state index in [0.29, 0.717) is 5.56 Å². The van der Waals surface area contributed by atoms with Gasteiger partial charge in [0.05, 0.1) is 17.6 Å². The summed E-state index contributed by atoms with van der Waals surface area (Å²) >= 11 is 0. The van der Waals surface area contributed by atoms with E-state index in [9.17, 15) is 10.5 Å². The monoisotopic (exact) mass is 572 g/mol. The minimum Gasteiger partial charge on any atom is -0.455 e. The average molecular weight is 573 g/mol. The molecule has 6 aromatic carbocycles. The van der Waals surface area contributed by atoms with Gasteiger partial charge >= 0.3 is 0 Å². The van der Waals surface area contributed by atoms with E-state index in [2.05, 4.69) is 91.0 Å². The fourth-order valence-corrected chi connectivity index (χ4v) is 7.60. The van der Waals surface area contributed by atoms with E-state index in [4.69, 9.17) is 4.42 Å². The Hall–Kier alpha value is -6.16. The van der Waals surface area contributed by atoms with Gasteiger partial charge in [0.2, 0.25) is 0 Å². The van der Waals surface area contributed by atoms with Crippen molar-refractivity contribution in [2.45, 2.75) is 5.92 Å². The zero-order chi connectivity index (χ0) is 30.1. The number of hydrogen-bond acceptors (Lipinski definition) is 3. The summed E-state index contributed by atoms with van der Waals surface area (Å²) in [6.45, 7) is 0. The van der Waals surface area contributed by atoms with Crippen molar-refractivity contribution >= 4 is 49.1 Å². The Morgan fingerprint density at radius 1 is 0.622 bits per heavy atom. The summed E-state index contributed by atoms with van der Waals surface area (Å²) < 4.78 is 6.82. The molecule has 0 bridgehead atoms. The van der Waals surface area contributed by atoms with Gasteiger partial charge in [-0.2, -0.15) is 10.5 Å². The van der Waals surface area contributed by atoms with Gasteiger partial charge in [-0.1, -0.05) is 121 Å². The van der Waals surface area contributed by atoms with Crippen LogP contribution in [0.5, 0.6) is 0 Å². The van der Waals surface area contributed by atoms with E-state index in [1.54, 1.807) is 0 Å². The molecule has 2 aliphatic carbocycles. The first-order chi connectivity index (χ1) is 22.3. The normalized spacial score (nSPS) is 17.0. The van der Waals surface area contributed by atoms with E-state index < -0.39 is 0 Å². The molecule has 2 atom stereocenters. The van der Waals surface area contributed by atoms with Crippen LogP contribution < -0.4 is 0 Å². The van der Waals surface area contributed by atoms with E-state index in [0.717, 1.165) is 82.4 Å². The third-order valence-electron chi connectivity index (χ3n) is 9.52. The molecule has 208 valence electrons. The van der Waals surface area contributed by atoms with Crippen molar-refractivity contribution < 1.29 is 4.42 Å². The Labute approximate surface area is 259 Å². The largest absolute Gasteiger partial charge is 0.455 e. The predicted molar refractivity (Wildman–Crippen MR) is 181 cm³/mol. The van der Waals surface area contributed by atoms with Crippen LogP contribution in [0.3, 0.4) is 0 Å². The minimum absolute atomic E-state index is 0.0194. The molecule has 0 fully saturated rings. The summed E-state index contributed by atoms with van der Waals surface area (Å²) in [6.07, 6.45) is 8.41. The second-order valence-corrected chi connectivity index (χ2v) is 11.7. The third kappa shape index (κ3) is 3.56. The smallest absolute Gasteiger partial charge is 0.143 e. The van der Waals surface area contributed by atoms with Gasteiger partial charge in [0.25, 0.3) is 0 Å². The molecule has 3 nitrogen and oxygen atoms in total. The van der Waals surface area contributed by atoms with Crippen molar-refractivity contribution in [1.82, 2.24) is 0 Å². The zero-order valence-corrected chi connectivity index (χ0v) is 24.2. The highest BCUT2D eigenvalue weighted by Crippen LogP contribution is 2.49. The number of para-hydroxylation sites is 1. The van der Waals surface area contributed by atoms with Gasteiger partial charge in [0.15, 0.2) is 0 Å². The van der Waals surface area contributed by atoms with E-state index >= 15 is 0 Å². The van der Waals surface area contributed by atoms with Gasteiger partial charge < -0.3 is 4.42 Å². The highest BCUT2D eigenvalue weighted by Gasteiger charge is 2.35. The van der Waals surface area contributed by atoms with Crippen LogP contribution in [0, 0.1) is 28.6 Å². The van der Waals surface area contributed by atoms with Gasteiger partial charge in [0.1, 0.15) is 17.2 Å². The van der Waals surface area contributed by atoms with Crippen LogP contribution in [-0.2, 0) is 0 Å². The van der Waals surface area contributed by atoms with Gasteiger partial charge in [-0.25, -0.2) is 0 Å². The molecule has 9 rings (SSSR count). The molecule has 7 aromatic rings. The number of nitrogens with zero attached hydrogens (tertiary/aromatic N) is 2. The van der Waals surface area contributed by atoms with Crippen molar-refractivity contribution in [3.8, 4) is 23.3 Å². The molecule has 0 radical (unpaired) electrons. The molecule has 0 saturated carbocycles. The van der Waals surface area contributed by atoms with E-state index in [-0.39, 0.29) is 11.8 Å². The molecule has 0 amide bonds. The fourth-order valence-electron chi connectivity index (χ4n) is 7.60. The van der Waals surface area contributed by atoms with Crippen molar-refractivity contribution in [3.63, 3.8) is 0 Å². The van der Waals surface area contributed by atoms with Crippen LogP contribution in [0.4, 0.5) is 0 Å². The molecule has 1 aromatic heterocycles. The lowest BCUT2D eigenvalue weighted by atomic mass is 9.69. The highest BCUT2D eigenvalue weighted by molar-refractivity contribution is 6.17. The van der Waals surface area contributed by atoms with E-state index in [1.807, 2.05) is 54.6 Å². The number of hydrogen-bond donors (Lipinski definition) is 0. The summed E-state index contributed by atoms with van der Waals surface area (Å²) in [5.74, 6) is -0.260. The van der Waals surface area contributed by atoms with Crippen LogP contribution >= 0.6 is 0 Å². The highest BCUT2D eigenvalue weighted by atomic mass is 16.3. The Balaban J connectivity index is 1.31. The predicted octanol–water partition coefficient (Wildman–Crippen LogP) is 10.6. The van der Waals surface area contributed by atoms with Crippen molar-refractivity contribution in [2.75, 3.05) is 0 Å². The van der Waals surface area contributed by atoms with Crippen molar-refractivity contribution in [2.24, 2.45) is 5.92 Å². The third-order valence-corrected chi connectivity index (χ3v) is 9.52. The van der Waals surface area contributed by atoms with Crippen LogP contribution in [0.25, 0.3) is 60.2 Å². The molecular formula is C42H24N2O. The number of rotatable bonds is 2. The summed E-state index contributed by atoms with van der Waals surface area (Å²) in [6, 6.07) is 42.5. The SMILES string of the molecule is N#Cc1c2ccccc2c(-c2ccc3c(c2)oc2c(C4=C5C=CC=CC5C(C#N)c5ccccc54)cccc23)c2ccccc12. The summed E-state index contributed by atoms with van der Waals surface area (Å²) in [5, 5.41) is 26.4. The Bertz CT molecular complexity index is 2520. The van der Waals surface area contributed by atoms with Crippen LogP contribution in [-0.4, -0.2) is 0 Å². The summed E-state index contributed by atoms with van der Waals surface area (Å²) in [5.41, 5.74) is 9.93.